The minimum Gasteiger partial charge on any atom is -0.489 e. The van der Waals surface area contributed by atoms with E-state index in [-0.39, 0.29) is 12.4 Å². The van der Waals surface area contributed by atoms with Gasteiger partial charge in [-0.3, -0.25) is 4.98 Å². The van der Waals surface area contributed by atoms with Crippen molar-refractivity contribution in [3.05, 3.63) is 59.2 Å². The molecule has 100 valence electrons. The molecule has 0 saturated carbocycles. The molecular formula is C15H16FNO2. The average Bonchev–Trinajstić information content (AvgIpc) is 2.37. The number of halogens is 1. The van der Waals surface area contributed by atoms with Crippen LogP contribution in [0.3, 0.4) is 0 Å². The van der Waals surface area contributed by atoms with Crippen molar-refractivity contribution in [3.8, 4) is 5.75 Å². The van der Waals surface area contributed by atoms with E-state index in [0.717, 1.165) is 17.3 Å². The van der Waals surface area contributed by atoms with E-state index in [2.05, 4.69) is 4.98 Å². The third kappa shape index (κ3) is 3.51. The zero-order valence-corrected chi connectivity index (χ0v) is 10.9. The number of aryl methyl sites for hydroxylation is 1. The quantitative estimate of drug-likeness (QED) is 0.919. The highest BCUT2D eigenvalue weighted by atomic mass is 19.1. The molecule has 2 aromatic rings. The molecule has 0 saturated heterocycles. The highest BCUT2D eigenvalue weighted by Crippen LogP contribution is 2.23. The van der Waals surface area contributed by atoms with E-state index in [1.54, 1.807) is 13.1 Å². The van der Waals surface area contributed by atoms with Crippen molar-refractivity contribution in [1.29, 1.82) is 0 Å². The molecule has 19 heavy (non-hydrogen) atoms. The fourth-order valence-electron chi connectivity index (χ4n) is 1.79. The minimum atomic E-state index is -0.500. The Morgan fingerprint density at radius 2 is 2.11 bits per heavy atom. The van der Waals surface area contributed by atoms with Gasteiger partial charge in [0.2, 0.25) is 0 Å². The molecule has 0 aliphatic rings. The van der Waals surface area contributed by atoms with Crippen LogP contribution in [0, 0.1) is 12.7 Å². The summed E-state index contributed by atoms with van der Waals surface area (Å²) in [6.07, 6.45) is 2.23. The lowest BCUT2D eigenvalue weighted by Gasteiger charge is -2.12. The molecule has 4 heteroatoms. The molecule has 1 N–H and O–H groups in total. The highest BCUT2D eigenvalue weighted by Gasteiger charge is 2.05. The van der Waals surface area contributed by atoms with Crippen LogP contribution in [0.25, 0.3) is 0 Å². The summed E-state index contributed by atoms with van der Waals surface area (Å²) in [4.78, 5) is 3.77. The maximum absolute atomic E-state index is 13.0. The second kappa shape index (κ2) is 5.80. The summed E-state index contributed by atoms with van der Waals surface area (Å²) in [6, 6.07) is 6.90. The summed E-state index contributed by atoms with van der Waals surface area (Å²) >= 11 is 0. The Labute approximate surface area is 111 Å². The predicted molar refractivity (Wildman–Crippen MR) is 70.3 cm³/mol. The molecule has 1 heterocycles. The maximum atomic E-state index is 13.0. The number of nitrogens with zero attached hydrogens (tertiary/aromatic N) is 1. The molecule has 0 fully saturated rings. The zero-order valence-electron chi connectivity index (χ0n) is 10.9. The van der Waals surface area contributed by atoms with Gasteiger partial charge in [-0.05, 0) is 43.2 Å². The summed E-state index contributed by atoms with van der Waals surface area (Å²) in [5.74, 6) is 0.343. The third-order valence-electron chi connectivity index (χ3n) is 2.84. The van der Waals surface area contributed by atoms with Crippen molar-refractivity contribution < 1.29 is 14.2 Å². The molecule has 0 aliphatic heterocycles. The van der Waals surface area contributed by atoms with Gasteiger partial charge in [0.15, 0.2) is 0 Å². The highest BCUT2D eigenvalue weighted by molar-refractivity contribution is 5.37. The molecule has 0 spiro atoms. The maximum Gasteiger partial charge on any atom is 0.141 e. The third-order valence-corrected chi connectivity index (χ3v) is 2.84. The Morgan fingerprint density at radius 3 is 2.74 bits per heavy atom. The van der Waals surface area contributed by atoms with Crippen LogP contribution < -0.4 is 4.74 Å². The molecule has 1 unspecified atom stereocenters. The summed E-state index contributed by atoms with van der Waals surface area (Å²) < 4.78 is 18.6. The Morgan fingerprint density at radius 1 is 1.32 bits per heavy atom. The number of benzene rings is 1. The van der Waals surface area contributed by atoms with Crippen LogP contribution in [0.1, 0.15) is 29.7 Å². The van der Waals surface area contributed by atoms with Gasteiger partial charge in [0.25, 0.3) is 0 Å². The Balaban J connectivity index is 2.07. The number of aromatic nitrogens is 1. The van der Waals surface area contributed by atoms with Crippen LogP contribution in [0.4, 0.5) is 4.39 Å². The van der Waals surface area contributed by atoms with Crippen LogP contribution in [0.2, 0.25) is 0 Å². The average molecular weight is 261 g/mol. The van der Waals surface area contributed by atoms with Gasteiger partial charge in [0, 0.05) is 11.8 Å². The normalized spacial score (nSPS) is 12.2. The molecule has 0 amide bonds. The minimum absolute atomic E-state index is 0.264. The lowest BCUT2D eigenvalue weighted by atomic mass is 10.1. The van der Waals surface area contributed by atoms with Gasteiger partial charge in [-0.15, -0.1) is 0 Å². The van der Waals surface area contributed by atoms with Crippen molar-refractivity contribution in [2.24, 2.45) is 0 Å². The van der Waals surface area contributed by atoms with Crippen molar-refractivity contribution in [3.63, 3.8) is 0 Å². The number of ether oxygens (including phenoxy) is 1. The summed E-state index contributed by atoms with van der Waals surface area (Å²) in [7, 11) is 0. The predicted octanol–water partition coefficient (Wildman–Crippen LogP) is 3.16. The Bertz CT molecular complexity index is 570. The van der Waals surface area contributed by atoms with E-state index in [1.807, 2.05) is 25.1 Å². The molecule has 0 bridgehead atoms. The first-order valence-corrected chi connectivity index (χ1v) is 6.07. The number of aliphatic hydroxyl groups is 1. The molecule has 1 aromatic heterocycles. The van der Waals surface area contributed by atoms with Crippen LogP contribution in [-0.2, 0) is 6.61 Å². The van der Waals surface area contributed by atoms with Gasteiger partial charge < -0.3 is 9.84 Å². The molecule has 1 atom stereocenters. The monoisotopic (exact) mass is 261 g/mol. The molecule has 0 aliphatic carbocycles. The first kappa shape index (κ1) is 13.5. The fourth-order valence-corrected chi connectivity index (χ4v) is 1.79. The second-order valence-corrected chi connectivity index (χ2v) is 4.50. The lowest BCUT2D eigenvalue weighted by molar-refractivity contribution is 0.199. The van der Waals surface area contributed by atoms with Crippen molar-refractivity contribution in [1.82, 2.24) is 4.98 Å². The SMILES string of the molecule is Cc1cc(C(C)O)ccc1OCc1cncc(F)c1. The van der Waals surface area contributed by atoms with Gasteiger partial charge in [0.1, 0.15) is 18.2 Å². The largest absolute Gasteiger partial charge is 0.489 e. The van der Waals surface area contributed by atoms with Gasteiger partial charge in [-0.1, -0.05) is 6.07 Å². The number of pyridine rings is 1. The first-order valence-electron chi connectivity index (χ1n) is 6.07. The fraction of sp³-hybridized carbons (Fsp3) is 0.267. The van der Waals surface area contributed by atoms with Crippen LogP contribution >= 0.6 is 0 Å². The number of hydrogen-bond donors (Lipinski definition) is 1. The summed E-state index contributed by atoms with van der Waals surface area (Å²) in [5.41, 5.74) is 2.46. The molecule has 1 aromatic carbocycles. The van der Waals surface area contributed by atoms with E-state index in [9.17, 15) is 9.50 Å². The standard InChI is InChI=1S/C15H16FNO2/c1-10-5-13(11(2)18)3-4-15(10)19-9-12-6-14(16)8-17-7-12/h3-8,11,18H,9H2,1-2H3. The lowest BCUT2D eigenvalue weighted by Crippen LogP contribution is -1.99. The molecular weight excluding hydrogens is 245 g/mol. The van der Waals surface area contributed by atoms with E-state index < -0.39 is 6.10 Å². The second-order valence-electron chi connectivity index (χ2n) is 4.50. The van der Waals surface area contributed by atoms with E-state index in [0.29, 0.717) is 11.3 Å². The first-order chi connectivity index (χ1) is 9.06. The van der Waals surface area contributed by atoms with Gasteiger partial charge >= 0.3 is 0 Å². The Kier molecular flexibility index (Phi) is 4.12. The molecule has 0 radical (unpaired) electrons. The number of rotatable bonds is 4. The van der Waals surface area contributed by atoms with Crippen molar-refractivity contribution >= 4 is 0 Å². The van der Waals surface area contributed by atoms with E-state index in [4.69, 9.17) is 4.74 Å². The molecule has 2 rings (SSSR count). The molecule has 3 nitrogen and oxygen atoms in total. The zero-order chi connectivity index (χ0) is 13.8. The summed E-state index contributed by atoms with van der Waals surface area (Å²) in [5, 5.41) is 9.49. The van der Waals surface area contributed by atoms with Crippen LogP contribution in [0.5, 0.6) is 5.75 Å². The Hall–Kier alpha value is -1.94. The summed E-state index contributed by atoms with van der Waals surface area (Å²) in [6.45, 7) is 3.89. The van der Waals surface area contributed by atoms with Crippen molar-refractivity contribution in [2.75, 3.05) is 0 Å². The van der Waals surface area contributed by atoms with Gasteiger partial charge in [-0.25, -0.2) is 4.39 Å². The van der Waals surface area contributed by atoms with Gasteiger partial charge in [-0.2, -0.15) is 0 Å². The number of hydrogen-bond acceptors (Lipinski definition) is 3. The topological polar surface area (TPSA) is 42.4 Å². The van der Waals surface area contributed by atoms with Crippen LogP contribution in [0.15, 0.2) is 36.7 Å². The van der Waals surface area contributed by atoms with E-state index >= 15 is 0 Å². The van der Waals surface area contributed by atoms with Gasteiger partial charge in [0.05, 0.1) is 12.3 Å². The van der Waals surface area contributed by atoms with E-state index in [1.165, 1.54) is 6.07 Å². The smallest absolute Gasteiger partial charge is 0.141 e. The number of aliphatic hydroxyl groups excluding tert-OH is 1. The van der Waals surface area contributed by atoms with Crippen LogP contribution in [-0.4, -0.2) is 10.1 Å². The van der Waals surface area contributed by atoms with Crippen molar-refractivity contribution in [2.45, 2.75) is 26.6 Å².